The minimum Gasteiger partial charge on any atom is -0.371 e. The molecule has 3 aromatic carbocycles. The predicted molar refractivity (Wildman–Crippen MR) is 132 cm³/mol. The molecule has 1 unspecified atom stereocenters. The van der Waals surface area contributed by atoms with Gasteiger partial charge in [-0.1, -0.05) is 47.5 Å². The highest BCUT2D eigenvalue weighted by Gasteiger charge is 2.37. The molecule has 0 bridgehead atoms. The molecule has 0 spiro atoms. The van der Waals surface area contributed by atoms with Crippen molar-refractivity contribution in [3.63, 3.8) is 0 Å². The number of anilines is 2. The van der Waals surface area contributed by atoms with Crippen molar-refractivity contribution in [3.05, 3.63) is 93.2 Å². The molecular weight excluding hydrogens is 478 g/mol. The van der Waals surface area contributed by atoms with Gasteiger partial charge in [0.1, 0.15) is 5.82 Å². The van der Waals surface area contributed by atoms with E-state index in [9.17, 15) is 14.0 Å². The summed E-state index contributed by atoms with van der Waals surface area (Å²) >= 11 is 12.0. The van der Waals surface area contributed by atoms with Gasteiger partial charge in [-0.3, -0.25) is 9.59 Å². The number of carbonyl (C=O) groups excluding carboxylic acids is 2. The quantitative estimate of drug-likeness (QED) is 0.579. The summed E-state index contributed by atoms with van der Waals surface area (Å²) in [6.45, 7) is 1.00. The standard InChI is InChI=1S/C25H19Cl2FN4O2/c1-31-11-12-32-22-16(6-4-8-20(22)31)21(15-5-2-3-7-19(15)28)29-23(25(32)34)30-24(33)14-9-10-17(26)18(27)13-14/h2-10,13,23H,11-12H2,1H3,(H,30,33). The first-order chi connectivity index (χ1) is 16.3. The summed E-state index contributed by atoms with van der Waals surface area (Å²) in [5.41, 5.74) is 2.86. The molecule has 6 nitrogen and oxygen atoms in total. The average molecular weight is 497 g/mol. The number of hydrogen-bond acceptors (Lipinski definition) is 4. The minimum absolute atomic E-state index is 0.216. The molecule has 0 saturated heterocycles. The van der Waals surface area contributed by atoms with Crippen LogP contribution in [0.5, 0.6) is 0 Å². The minimum atomic E-state index is -1.26. The molecule has 1 N–H and O–H groups in total. The summed E-state index contributed by atoms with van der Waals surface area (Å²) < 4.78 is 14.9. The molecule has 2 aliphatic heterocycles. The van der Waals surface area contributed by atoms with E-state index in [4.69, 9.17) is 23.2 Å². The van der Waals surface area contributed by atoms with E-state index >= 15 is 0 Å². The largest absolute Gasteiger partial charge is 0.371 e. The lowest BCUT2D eigenvalue weighted by Crippen LogP contribution is -2.51. The van der Waals surface area contributed by atoms with Gasteiger partial charge in [-0.15, -0.1) is 0 Å². The van der Waals surface area contributed by atoms with E-state index in [0.29, 0.717) is 35.1 Å². The third-order valence-corrected chi connectivity index (χ3v) is 6.69. The molecule has 0 radical (unpaired) electrons. The maximum atomic E-state index is 14.9. The van der Waals surface area contributed by atoms with Gasteiger partial charge >= 0.3 is 0 Å². The number of aliphatic imine (C=N–C) groups is 1. The molecule has 0 saturated carbocycles. The van der Waals surface area contributed by atoms with Gasteiger partial charge in [0.2, 0.25) is 6.17 Å². The van der Waals surface area contributed by atoms with Crippen LogP contribution in [0.15, 0.2) is 65.7 Å². The number of likely N-dealkylation sites (N-methyl/N-ethyl adjacent to an activating group) is 1. The molecule has 2 heterocycles. The molecule has 0 aromatic heterocycles. The van der Waals surface area contributed by atoms with E-state index in [1.807, 2.05) is 30.1 Å². The number of benzene rings is 3. The molecule has 0 aliphatic carbocycles. The molecule has 5 rings (SSSR count). The number of nitrogens with zero attached hydrogens (tertiary/aromatic N) is 3. The lowest BCUT2D eigenvalue weighted by Gasteiger charge is -2.36. The third-order valence-electron chi connectivity index (χ3n) is 5.95. The fourth-order valence-electron chi connectivity index (χ4n) is 4.22. The SMILES string of the molecule is CN1CCN2C(=O)C(NC(=O)c3ccc(Cl)c(Cl)c3)N=C(c3ccccc3F)c3cccc1c32. The summed E-state index contributed by atoms with van der Waals surface area (Å²) in [7, 11) is 1.94. The van der Waals surface area contributed by atoms with Crippen molar-refractivity contribution in [2.45, 2.75) is 6.17 Å². The fourth-order valence-corrected chi connectivity index (χ4v) is 4.52. The van der Waals surface area contributed by atoms with Crippen LogP contribution in [0.1, 0.15) is 21.5 Å². The van der Waals surface area contributed by atoms with Crippen LogP contribution in [0.4, 0.5) is 15.8 Å². The van der Waals surface area contributed by atoms with E-state index in [0.717, 1.165) is 5.69 Å². The average Bonchev–Trinajstić information content (AvgIpc) is 2.94. The monoisotopic (exact) mass is 496 g/mol. The zero-order valence-corrected chi connectivity index (χ0v) is 19.6. The second-order valence-electron chi connectivity index (χ2n) is 8.05. The summed E-state index contributed by atoms with van der Waals surface area (Å²) in [5.74, 6) is -1.42. The zero-order valence-electron chi connectivity index (χ0n) is 18.1. The predicted octanol–water partition coefficient (Wildman–Crippen LogP) is 4.52. The third kappa shape index (κ3) is 3.81. The summed E-state index contributed by atoms with van der Waals surface area (Å²) in [5, 5.41) is 3.21. The van der Waals surface area contributed by atoms with Crippen molar-refractivity contribution in [1.82, 2.24) is 5.32 Å². The highest BCUT2D eigenvalue weighted by atomic mass is 35.5. The Morgan fingerprint density at radius 2 is 1.79 bits per heavy atom. The Kier molecular flexibility index (Phi) is 5.75. The molecule has 1 atom stereocenters. The smallest absolute Gasteiger partial charge is 0.272 e. The number of hydrogen-bond donors (Lipinski definition) is 1. The van der Waals surface area contributed by atoms with Crippen molar-refractivity contribution in [2.75, 3.05) is 29.9 Å². The summed E-state index contributed by atoms with van der Waals surface area (Å²) in [4.78, 5) is 34.9. The second-order valence-corrected chi connectivity index (χ2v) is 8.86. The van der Waals surface area contributed by atoms with E-state index < -0.39 is 23.8 Å². The Bertz CT molecular complexity index is 1360. The van der Waals surface area contributed by atoms with Crippen LogP contribution in [0, 0.1) is 5.82 Å². The van der Waals surface area contributed by atoms with Crippen LogP contribution in [-0.2, 0) is 4.79 Å². The van der Waals surface area contributed by atoms with Crippen LogP contribution in [-0.4, -0.2) is 43.8 Å². The Labute approximate surface area is 205 Å². The van der Waals surface area contributed by atoms with Gasteiger partial charge in [-0.05, 0) is 36.4 Å². The van der Waals surface area contributed by atoms with Crippen LogP contribution in [0.2, 0.25) is 10.0 Å². The van der Waals surface area contributed by atoms with Crippen LogP contribution in [0.3, 0.4) is 0 Å². The first-order valence-corrected chi connectivity index (χ1v) is 11.4. The zero-order chi connectivity index (χ0) is 24.0. The van der Waals surface area contributed by atoms with E-state index in [1.165, 1.54) is 24.3 Å². The van der Waals surface area contributed by atoms with E-state index in [1.54, 1.807) is 23.1 Å². The van der Waals surface area contributed by atoms with Gasteiger partial charge in [0.05, 0.1) is 27.1 Å². The lowest BCUT2D eigenvalue weighted by atomic mass is 9.97. The van der Waals surface area contributed by atoms with Gasteiger partial charge in [-0.2, -0.15) is 0 Å². The number of para-hydroxylation sites is 1. The first-order valence-electron chi connectivity index (χ1n) is 10.6. The van der Waals surface area contributed by atoms with Gasteiger partial charge in [-0.25, -0.2) is 9.38 Å². The Morgan fingerprint density at radius 1 is 1.03 bits per heavy atom. The number of rotatable bonds is 3. The number of carbonyl (C=O) groups is 2. The first kappa shape index (κ1) is 22.4. The van der Waals surface area contributed by atoms with Crippen molar-refractivity contribution in [2.24, 2.45) is 4.99 Å². The molecule has 2 amide bonds. The highest BCUT2D eigenvalue weighted by molar-refractivity contribution is 6.42. The molecule has 34 heavy (non-hydrogen) atoms. The Balaban J connectivity index is 1.64. The van der Waals surface area contributed by atoms with Gasteiger partial charge in [0.25, 0.3) is 11.8 Å². The van der Waals surface area contributed by atoms with Gasteiger partial charge < -0.3 is 15.1 Å². The van der Waals surface area contributed by atoms with Crippen molar-refractivity contribution in [1.29, 1.82) is 0 Å². The Morgan fingerprint density at radius 3 is 2.56 bits per heavy atom. The molecule has 0 fully saturated rings. The Hall–Kier alpha value is -3.42. The summed E-state index contributed by atoms with van der Waals surface area (Å²) in [6, 6.07) is 16.2. The summed E-state index contributed by atoms with van der Waals surface area (Å²) in [6.07, 6.45) is -1.26. The van der Waals surface area contributed by atoms with Gasteiger partial charge in [0.15, 0.2) is 0 Å². The van der Waals surface area contributed by atoms with E-state index in [2.05, 4.69) is 10.3 Å². The molecule has 3 aromatic rings. The van der Waals surface area contributed by atoms with Crippen LogP contribution >= 0.6 is 23.2 Å². The van der Waals surface area contributed by atoms with Crippen molar-refractivity contribution < 1.29 is 14.0 Å². The highest BCUT2D eigenvalue weighted by Crippen LogP contribution is 2.39. The molecule has 172 valence electrons. The number of amides is 2. The molecule has 9 heteroatoms. The fraction of sp³-hybridized carbons (Fsp3) is 0.160. The number of nitrogens with one attached hydrogen (secondary N) is 1. The topological polar surface area (TPSA) is 65.0 Å². The molecular formula is C25H19Cl2FN4O2. The molecule has 2 aliphatic rings. The lowest BCUT2D eigenvalue weighted by molar-refractivity contribution is -0.120. The van der Waals surface area contributed by atoms with Crippen LogP contribution < -0.4 is 15.1 Å². The maximum Gasteiger partial charge on any atom is 0.272 e. The van der Waals surface area contributed by atoms with Crippen molar-refractivity contribution in [3.8, 4) is 0 Å². The second kappa shape index (κ2) is 8.74. The normalized spacial score (nSPS) is 17.1. The van der Waals surface area contributed by atoms with E-state index in [-0.39, 0.29) is 16.1 Å². The van der Waals surface area contributed by atoms with Crippen molar-refractivity contribution >= 4 is 52.1 Å². The maximum absolute atomic E-state index is 14.9. The van der Waals surface area contributed by atoms with Gasteiger partial charge in [0, 0.05) is 36.8 Å². The van der Waals surface area contributed by atoms with Crippen LogP contribution in [0.25, 0.3) is 0 Å². The number of halogens is 3.